The van der Waals surface area contributed by atoms with Crippen LogP contribution in [0.2, 0.25) is 5.02 Å². The largest absolute Gasteiger partial charge is 0.325 e. The highest BCUT2D eigenvalue weighted by Crippen LogP contribution is 2.31. The van der Waals surface area contributed by atoms with Gasteiger partial charge in [0.1, 0.15) is 4.83 Å². The Morgan fingerprint density at radius 2 is 1.89 bits per heavy atom. The Morgan fingerprint density at radius 3 is 2.64 bits per heavy atom. The lowest BCUT2D eigenvalue weighted by Crippen LogP contribution is -2.15. The van der Waals surface area contributed by atoms with Gasteiger partial charge in [-0.2, -0.15) is 0 Å². The highest BCUT2D eigenvalue weighted by Gasteiger charge is 2.14. The molecule has 0 bridgehead atoms. The van der Waals surface area contributed by atoms with Gasteiger partial charge < -0.3 is 10.3 Å². The first kappa shape index (κ1) is 18.7. The van der Waals surface area contributed by atoms with Crippen LogP contribution in [-0.2, 0) is 4.79 Å². The van der Waals surface area contributed by atoms with E-state index in [1.807, 2.05) is 35.7 Å². The van der Waals surface area contributed by atoms with E-state index in [1.54, 1.807) is 24.3 Å². The minimum atomic E-state index is -0.203. The smallest absolute Gasteiger partial charge is 0.260 e. The van der Waals surface area contributed by atoms with Crippen molar-refractivity contribution in [2.75, 3.05) is 11.1 Å². The van der Waals surface area contributed by atoms with E-state index in [1.165, 1.54) is 23.1 Å². The number of nitrogens with one attached hydrogen (secondary N) is 2. The third kappa shape index (κ3) is 4.11. The Kier molecular flexibility index (Phi) is 5.47. The van der Waals surface area contributed by atoms with Crippen molar-refractivity contribution < 1.29 is 4.79 Å². The number of anilines is 1. The molecule has 0 saturated carbocycles. The number of benzene rings is 2. The summed E-state index contributed by atoms with van der Waals surface area (Å²) in [6.07, 6.45) is 0. The number of fused-ring (bicyclic) bond motifs is 1. The first-order valence-electron chi connectivity index (χ1n) is 8.35. The maximum atomic E-state index is 12.6. The number of aromatic amines is 1. The summed E-state index contributed by atoms with van der Waals surface area (Å²) < 4.78 is 0. The average molecular weight is 428 g/mol. The second-order valence-electron chi connectivity index (χ2n) is 5.91. The van der Waals surface area contributed by atoms with Gasteiger partial charge in [0.2, 0.25) is 5.91 Å². The Morgan fingerprint density at radius 1 is 1.14 bits per heavy atom. The summed E-state index contributed by atoms with van der Waals surface area (Å²) in [5, 5.41) is 6.32. The van der Waals surface area contributed by atoms with Gasteiger partial charge in [-0.25, -0.2) is 4.98 Å². The normalized spacial score (nSPS) is 10.9. The van der Waals surface area contributed by atoms with Crippen molar-refractivity contribution in [3.05, 3.63) is 75.4 Å². The fraction of sp³-hybridized carbons (Fsp3) is 0.0500. The summed E-state index contributed by atoms with van der Waals surface area (Å²) >= 11 is 8.44. The van der Waals surface area contributed by atoms with Crippen LogP contribution in [-0.4, -0.2) is 21.6 Å². The van der Waals surface area contributed by atoms with E-state index in [0.29, 0.717) is 26.1 Å². The number of H-pyrrole nitrogens is 1. The molecule has 2 aromatic carbocycles. The molecule has 2 aromatic heterocycles. The molecule has 8 heteroatoms. The maximum absolute atomic E-state index is 12.6. The van der Waals surface area contributed by atoms with Crippen LogP contribution in [0.15, 0.2) is 69.9 Å². The molecule has 4 rings (SSSR count). The molecule has 0 saturated heterocycles. The molecular formula is C20H14ClN3O2S2. The van der Waals surface area contributed by atoms with Crippen molar-refractivity contribution in [3.8, 4) is 11.1 Å². The fourth-order valence-corrected chi connectivity index (χ4v) is 4.48. The predicted molar refractivity (Wildman–Crippen MR) is 116 cm³/mol. The van der Waals surface area contributed by atoms with E-state index in [-0.39, 0.29) is 17.2 Å². The van der Waals surface area contributed by atoms with Gasteiger partial charge in [-0.15, -0.1) is 11.3 Å². The number of halogens is 1. The Labute approximate surface area is 173 Å². The lowest BCUT2D eigenvalue weighted by molar-refractivity contribution is -0.113. The number of carbonyl (C=O) groups excluding carboxylic acids is 1. The molecule has 1 amide bonds. The Balaban J connectivity index is 1.50. The number of thioether (sulfide) groups is 1. The molecule has 0 spiro atoms. The molecule has 0 aliphatic carbocycles. The van der Waals surface area contributed by atoms with Gasteiger partial charge in [0.05, 0.1) is 11.1 Å². The Hall–Kier alpha value is -2.61. The first-order chi connectivity index (χ1) is 13.6. The van der Waals surface area contributed by atoms with Crippen molar-refractivity contribution in [1.82, 2.24) is 9.97 Å². The predicted octanol–water partition coefficient (Wildman–Crippen LogP) is 5.04. The highest BCUT2D eigenvalue weighted by molar-refractivity contribution is 7.99. The van der Waals surface area contributed by atoms with Gasteiger partial charge in [0.25, 0.3) is 5.56 Å². The molecule has 140 valence electrons. The van der Waals surface area contributed by atoms with Crippen molar-refractivity contribution >= 4 is 56.5 Å². The Bertz CT molecular complexity index is 1190. The molecule has 0 fully saturated rings. The van der Waals surface area contributed by atoms with Gasteiger partial charge in [0, 0.05) is 21.7 Å². The SMILES string of the molecule is O=C(CSc1nc2scc(-c3ccccc3)c2c(=O)[nH]1)Nc1ccc(Cl)cc1. The molecule has 2 N–H and O–H groups in total. The molecule has 0 atom stereocenters. The van der Waals surface area contributed by atoms with E-state index in [9.17, 15) is 9.59 Å². The number of carbonyl (C=O) groups is 1. The van der Waals surface area contributed by atoms with Gasteiger partial charge in [-0.1, -0.05) is 53.7 Å². The zero-order valence-electron chi connectivity index (χ0n) is 14.4. The lowest BCUT2D eigenvalue weighted by Gasteiger charge is -2.05. The van der Waals surface area contributed by atoms with Crippen LogP contribution in [0.3, 0.4) is 0 Å². The van der Waals surface area contributed by atoms with Crippen molar-refractivity contribution in [2.45, 2.75) is 5.16 Å². The lowest BCUT2D eigenvalue weighted by atomic mass is 10.1. The van der Waals surface area contributed by atoms with Crippen molar-refractivity contribution in [1.29, 1.82) is 0 Å². The van der Waals surface area contributed by atoms with Crippen LogP contribution in [0.4, 0.5) is 5.69 Å². The maximum Gasteiger partial charge on any atom is 0.260 e. The monoisotopic (exact) mass is 427 g/mol. The standard InChI is InChI=1S/C20H14ClN3O2S2/c21-13-6-8-14(9-7-13)22-16(25)11-28-20-23-18(26)17-15(10-27-19(17)24-20)12-4-2-1-3-5-12/h1-10H,11H2,(H,22,25)(H,23,24,26). The number of nitrogens with zero attached hydrogens (tertiary/aromatic N) is 1. The van der Waals surface area contributed by atoms with Gasteiger partial charge in [-0.3, -0.25) is 9.59 Å². The minimum Gasteiger partial charge on any atom is -0.325 e. The van der Waals surface area contributed by atoms with Gasteiger partial charge >= 0.3 is 0 Å². The van der Waals surface area contributed by atoms with Crippen molar-refractivity contribution in [2.24, 2.45) is 0 Å². The number of amides is 1. The van der Waals surface area contributed by atoms with E-state index < -0.39 is 0 Å². The summed E-state index contributed by atoms with van der Waals surface area (Å²) in [4.78, 5) is 32.7. The number of hydrogen-bond acceptors (Lipinski definition) is 5. The van der Waals surface area contributed by atoms with Gasteiger partial charge in [0.15, 0.2) is 5.16 Å². The number of rotatable bonds is 5. The van der Waals surface area contributed by atoms with Crippen LogP contribution >= 0.6 is 34.7 Å². The van der Waals surface area contributed by atoms with Crippen LogP contribution < -0.4 is 10.9 Å². The summed E-state index contributed by atoms with van der Waals surface area (Å²) in [5.74, 6) is -0.0558. The van der Waals surface area contributed by atoms with Crippen LogP contribution in [0, 0.1) is 0 Å². The molecule has 0 radical (unpaired) electrons. The number of hydrogen-bond donors (Lipinski definition) is 2. The molecule has 0 unspecified atom stereocenters. The zero-order chi connectivity index (χ0) is 19.5. The quantitative estimate of drug-likeness (QED) is 0.346. The fourth-order valence-electron chi connectivity index (χ4n) is 2.69. The van der Waals surface area contributed by atoms with E-state index in [2.05, 4.69) is 15.3 Å². The third-order valence-corrected chi connectivity index (χ3v) is 5.97. The molecule has 4 aromatic rings. The van der Waals surface area contributed by atoms with E-state index in [0.717, 1.165) is 11.1 Å². The molecule has 28 heavy (non-hydrogen) atoms. The van der Waals surface area contributed by atoms with Crippen LogP contribution in [0.1, 0.15) is 0 Å². The third-order valence-electron chi connectivity index (χ3n) is 3.97. The van der Waals surface area contributed by atoms with E-state index in [4.69, 9.17) is 11.6 Å². The molecule has 2 heterocycles. The molecule has 5 nitrogen and oxygen atoms in total. The number of thiophene rings is 1. The molecule has 0 aliphatic heterocycles. The van der Waals surface area contributed by atoms with E-state index >= 15 is 0 Å². The zero-order valence-corrected chi connectivity index (χ0v) is 16.8. The van der Waals surface area contributed by atoms with Crippen LogP contribution in [0.25, 0.3) is 21.3 Å². The summed E-state index contributed by atoms with van der Waals surface area (Å²) in [6, 6.07) is 16.6. The first-order valence-corrected chi connectivity index (χ1v) is 10.6. The molecule has 0 aliphatic rings. The summed E-state index contributed by atoms with van der Waals surface area (Å²) in [7, 11) is 0. The summed E-state index contributed by atoms with van der Waals surface area (Å²) in [5.41, 5.74) is 2.30. The highest BCUT2D eigenvalue weighted by atomic mass is 35.5. The molecular weight excluding hydrogens is 414 g/mol. The average Bonchev–Trinajstić information content (AvgIpc) is 3.13. The summed E-state index contributed by atoms with van der Waals surface area (Å²) in [6.45, 7) is 0. The topological polar surface area (TPSA) is 74.8 Å². The van der Waals surface area contributed by atoms with Crippen molar-refractivity contribution in [3.63, 3.8) is 0 Å². The second kappa shape index (κ2) is 8.18. The van der Waals surface area contributed by atoms with Gasteiger partial charge in [-0.05, 0) is 29.8 Å². The van der Waals surface area contributed by atoms with Crippen LogP contribution in [0.5, 0.6) is 0 Å². The number of aromatic nitrogens is 2. The second-order valence-corrected chi connectivity index (χ2v) is 8.17. The minimum absolute atomic E-state index is 0.133.